The number of hydrogen-bond acceptors (Lipinski definition) is 3. The minimum atomic E-state index is -3.84. The van der Waals surface area contributed by atoms with Gasteiger partial charge in [0.15, 0.2) is 0 Å². The standard InChI is InChI=1S/C22H20ClFN2O3S/c1-15-6-7-17(22(27)26(2)14-16-4-3-5-19(24)12-16)13-21(15)25-30(28,29)20-10-8-18(23)9-11-20/h3-13,25H,14H2,1-2H3. The Morgan fingerprint density at radius 3 is 2.43 bits per heavy atom. The molecule has 1 amide bonds. The Morgan fingerprint density at radius 2 is 1.77 bits per heavy atom. The van der Waals surface area contributed by atoms with Crippen molar-refractivity contribution in [1.29, 1.82) is 0 Å². The van der Waals surface area contributed by atoms with Crippen LogP contribution in [0.15, 0.2) is 71.6 Å². The van der Waals surface area contributed by atoms with Gasteiger partial charge in [-0.15, -0.1) is 0 Å². The molecule has 0 aliphatic carbocycles. The van der Waals surface area contributed by atoms with E-state index in [1.54, 1.807) is 38.2 Å². The second-order valence-electron chi connectivity index (χ2n) is 6.88. The van der Waals surface area contributed by atoms with Gasteiger partial charge in [-0.25, -0.2) is 12.8 Å². The molecule has 0 saturated carbocycles. The highest BCUT2D eigenvalue weighted by atomic mass is 35.5. The van der Waals surface area contributed by atoms with Crippen LogP contribution in [0.4, 0.5) is 10.1 Å². The lowest BCUT2D eigenvalue weighted by Gasteiger charge is -2.19. The topological polar surface area (TPSA) is 66.5 Å². The Bertz CT molecular complexity index is 1180. The summed E-state index contributed by atoms with van der Waals surface area (Å²) in [5, 5.41) is 0.430. The van der Waals surface area contributed by atoms with E-state index in [1.807, 2.05) is 0 Å². The van der Waals surface area contributed by atoms with Crippen LogP contribution in [0, 0.1) is 12.7 Å². The van der Waals surface area contributed by atoms with Crippen LogP contribution >= 0.6 is 11.6 Å². The molecule has 5 nitrogen and oxygen atoms in total. The first-order valence-electron chi connectivity index (χ1n) is 9.05. The van der Waals surface area contributed by atoms with E-state index in [9.17, 15) is 17.6 Å². The lowest BCUT2D eigenvalue weighted by molar-refractivity contribution is 0.0785. The fraction of sp³-hybridized carbons (Fsp3) is 0.136. The highest BCUT2D eigenvalue weighted by Gasteiger charge is 2.18. The van der Waals surface area contributed by atoms with Gasteiger partial charge in [0.2, 0.25) is 0 Å². The fourth-order valence-corrected chi connectivity index (χ4v) is 4.13. The molecule has 0 aliphatic heterocycles. The predicted molar refractivity (Wildman–Crippen MR) is 116 cm³/mol. The molecular weight excluding hydrogens is 427 g/mol. The van der Waals surface area contributed by atoms with Gasteiger partial charge in [-0.05, 0) is 66.6 Å². The molecule has 8 heteroatoms. The van der Waals surface area contributed by atoms with Crippen molar-refractivity contribution in [1.82, 2.24) is 4.90 Å². The molecule has 0 heterocycles. The number of rotatable bonds is 6. The minimum absolute atomic E-state index is 0.0613. The summed E-state index contributed by atoms with van der Waals surface area (Å²) < 4.78 is 41.2. The number of sulfonamides is 1. The maximum atomic E-state index is 13.4. The molecule has 0 unspecified atom stereocenters. The zero-order valence-corrected chi connectivity index (χ0v) is 18.0. The van der Waals surface area contributed by atoms with E-state index >= 15 is 0 Å². The average molecular weight is 447 g/mol. The Morgan fingerprint density at radius 1 is 1.07 bits per heavy atom. The highest BCUT2D eigenvalue weighted by molar-refractivity contribution is 7.92. The molecule has 0 bridgehead atoms. The van der Waals surface area contributed by atoms with E-state index in [4.69, 9.17) is 11.6 Å². The van der Waals surface area contributed by atoms with Crippen molar-refractivity contribution in [2.75, 3.05) is 11.8 Å². The van der Waals surface area contributed by atoms with Gasteiger partial charge in [0.1, 0.15) is 5.82 Å². The molecule has 3 aromatic carbocycles. The van der Waals surface area contributed by atoms with Crippen molar-refractivity contribution in [3.05, 3.63) is 94.3 Å². The third-order valence-corrected chi connectivity index (χ3v) is 6.14. The van der Waals surface area contributed by atoms with Gasteiger partial charge in [0.25, 0.3) is 15.9 Å². The van der Waals surface area contributed by atoms with Crippen LogP contribution in [0.5, 0.6) is 0 Å². The molecule has 30 heavy (non-hydrogen) atoms. The van der Waals surface area contributed by atoms with Crippen LogP contribution in [-0.2, 0) is 16.6 Å². The van der Waals surface area contributed by atoms with Crippen LogP contribution in [0.3, 0.4) is 0 Å². The molecular formula is C22H20ClFN2O3S. The normalized spacial score (nSPS) is 11.2. The van der Waals surface area contributed by atoms with Crippen molar-refractivity contribution >= 4 is 33.2 Å². The second kappa shape index (κ2) is 8.85. The molecule has 0 aromatic heterocycles. The number of carbonyl (C=O) groups is 1. The number of halogens is 2. The van der Waals surface area contributed by atoms with Crippen molar-refractivity contribution in [2.24, 2.45) is 0 Å². The van der Waals surface area contributed by atoms with E-state index in [0.717, 1.165) is 0 Å². The maximum Gasteiger partial charge on any atom is 0.261 e. The van der Waals surface area contributed by atoms with Crippen LogP contribution in [-0.4, -0.2) is 26.3 Å². The second-order valence-corrected chi connectivity index (χ2v) is 9.00. The summed E-state index contributed by atoms with van der Waals surface area (Å²) in [4.78, 5) is 14.3. The number of carbonyl (C=O) groups excluding carboxylic acids is 1. The molecule has 0 radical (unpaired) electrons. The lowest BCUT2D eigenvalue weighted by Crippen LogP contribution is -2.26. The van der Waals surface area contributed by atoms with Crippen molar-refractivity contribution in [3.63, 3.8) is 0 Å². The Kier molecular flexibility index (Phi) is 6.43. The van der Waals surface area contributed by atoms with Gasteiger partial charge in [-0.3, -0.25) is 9.52 Å². The summed E-state index contributed by atoms with van der Waals surface area (Å²) in [5.41, 5.74) is 1.93. The van der Waals surface area contributed by atoms with E-state index in [0.29, 0.717) is 27.4 Å². The van der Waals surface area contributed by atoms with E-state index in [1.165, 1.54) is 47.4 Å². The number of hydrogen-bond donors (Lipinski definition) is 1. The van der Waals surface area contributed by atoms with E-state index in [2.05, 4.69) is 4.72 Å². The Balaban J connectivity index is 1.82. The van der Waals surface area contributed by atoms with E-state index in [-0.39, 0.29) is 23.2 Å². The Labute approximate surface area is 180 Å². The summed E-state index contributed by atoms with van der Waals surface area (Å²) in [6.07, 6.45) is 0. The summed E-state index contributed by atoms with van der Waals surface area (Å²) in [6.45, 7) is 1.96. The quantitative estimate of drug-likeness (QED) is 0.588. The smallest absolute Gasteiger partial charge is 0.261 e. The van der Waals surface area contributed by atoms with Crippen molar-refractivity contribution < 1.29 is 17.6 Å². The number of benzene rings is 3. The molecule has 0 spiro atoms. The van der Waals surface area contributed by atoms with E-state index < -0.39 is 10.0 Å². The first-order valence-corrected chi connectivity index (χ1v) is 10.9. The molecule has 3 aromatic rings. The summed E-state index contributed by atoms with van der Waals surface area (Å²) in [6, 6.07) is 16.6. The third-order valence-electron chi connectivity index (χ3n) is 4.51. The lowest BCUT2D eigenvalue weighted by atomic mass is 10.1. The largest absolute Gasteiger partial charge is 0.337 e. The van der Waals surface area contributed by atoms with Gasteiger partial charge in [0.05, 0.1) is 10.6 Å². The average Bonchev–Trinajstić information content (AvgIpc) is 2.69. The molecule has 0 atom stereocenters. The molecule has 1 N–H and O–H groups in total. The van der Waals surface area contributed by atoms with Crippen molar-refractivity contribution in [3.8, 4) is 0 Å². The SMILES string of the molecule is Cc1ccc(C(=O)N(C)Cc2cccc(F)c2)cc1NS(=O)(=O)c1ccc(Cl)cc1. The Hall–Kier alpha value is -2.90. The maximum absolute atomic E-state index is 13.4. The molecule has 3 rings (SSSR count). The van der Waals surface area contributed by atoms with Gasteiger partial charge >= 0.3 is 0 Å². The summed E-state index contributed by atoms with van der Waals surface area (Å²) in [7, 11) is -2.24. The summed E-state index contributed by atoms with van der Waals surface area (Å²) >= 11 is 5.82. The first-order chi connectivity index (χ1) is 14.2. The molecule has 0 aliphatic rings. The zero-order valence-electron chi connectivity index (χ0n) is 16.4. The van der Waals surface area contributed by atoms with Crippen LogP contribution in [0.1, 0.15) is 21.5 Å². The zero-order chi connectivity index (χ0) is 21.9. The number of aryl methyl sites for hydroxylation is 1. The van der Waals surface area contributed by atoms with Crippen molar-refractivity contribution in [2.45, 2.75) is 18.4 Å². The third kappa shape index (κ3) is 5.17. The molecule has 156 valence electrons. The van der Waals surface area contributed by atoms with Crippen LogP contribution in [0.2, 0.25) is 5.02 Å². The fourth-order valence-electron chi connectivity index (χ4n) is 2.88. The van der Waals surface area contributed by atoms with Crippen LogP contribution < -0.4 is 4.72 Å². The number of nitrogens with one attached hydrogen (secondary N) is 1. The number of nitrogens with zero attached hydrogens (tertiary/aromatic N) is 1. The summed E-state index contributed by atoms with van der Waals surface area (Å²) in [5.74, 6) is -0.686. The molecule has 0 saturated heterocycles. The first kappa shape index (κ1) is 21.8. The minimum Gasteiger partial charge on any atom is -0.337 e. The monoisotopic (exact) mass is 446 g/mol. The molecule has 0 fully saturated rings. The number of amides is 1. The van der Waals surface area contributed by atoms with Gasteiger partial charge in [0, 0.05) is 24.2 Å². The van der Waals surface area contributed by atoms with Gasteiger partial charge < -0.3 is 4.90 Å². The van der Waals surface area contributed by atoms with Gasteiger partial charge in [-0.2, -0.15) is 0 Å². The van der Waals surface area contributed by atoms with Crippen LogP contribution in [0.25, 0.3) is 0 Å². The number of anilines is 1. The predicted octanol–water partition coefficient (Wildman–Crippen LogP) is 4.86. The highest BCUT2D eigenvalue weighted by Crippen LogP contribution is 2.23. The van der Waals surface area contributed by atoms with Gasteiger partial charge in [-0.1, -0.05) is 29.8 Å².